The molecular formula is C20H21N2O5S-. The minimum Gasteiger partial charge on any atom is -0.548 e. The molecule has 0 spiro atoms. The van der Waals surface area contributed by atoms with Crippen LogP contribution >= 0.6 is 0 Å². The Balaban J connectivity index is 1.75. The van der Waals surface area contributed by atoms with Gasteiger partial charge in [0.15, 0.2) is 0 Å². The number of hydrogen-bond acceptors (Lipinski definition) is 5. The summed E-state index contributed by atoms with van der Waals surface area (Å²) in [6, 6.07) is 12.4. The van der Waals surface area contributed by atoms with Crippen molar-refractivity contribution >= 4 is 21.9 Å². The fraction of sp³-hybridized carbons (Fsp3) is 0.300. The molecule has 1 amide bonds. The summed E-state index contributed by atoms with van der Waals surface area (Å²) in [6.45, 7) is 0.990. The Bertz CT molecular complexity index is 936. The minimum atomic E-state index is -3.59. The summed E-state index contributed by atoms with van der Waals surface area (Å²) in [5.41, 5.74) is 0.555. The maximum atomic E-state index is 12.7. The van der Waals surface area contributed by atoms with Crippen molar-refractivity contribution in [3.63, 3.8) is 0 Å². The summed E-state index contributed by atoms with van der Waals surface area (Å²) in [6.07, 6.45) is 2.69. The van der Waals surface area contributed by atoms with E-state index in [9.17, 15) is 23.1 Å². The third-order valence-electron chi connectivity index (χ3n) is 4.71. The quantitative estimate of drug-likeness (QED) is 0.780. The summed E-state index contributed by atoms with van der Waals surface area (Å²) in [5, 5.41) is 13.8. The zero-order valence-electron chi connectivity index (χ0n) is 15.2. The number of nitrogens with one attached hydrogen (secondary N) is 1. The molecule has 1 heterocycles. The standard InChI is InChI=1S/C20H22N2O5S/c23-19(21-18(20(24)25)15-7-3-1-4-8-15)16-9-11-17(12-10-16)28(26,27)22-13-5-2-6-14-22/h1,3-4,7-12,18H,2,5-6,13-14H2,(H,21,23)(H,24,25)/p-1/t18-/m0/s1. The molecule has 0 bridgehead atoms. The number of rotatable bonds is 6. The van der Waals surface area contributed by atoms with Crippen LogP contribution < -0.4 is 10.4 Å². The molecule has 148 valence electrons. The van der Waals surface area contributed by atoms with Crippen LogP contribution in [0, 0.1) is 0 Å². The third-order valence-corrected chi connectivity index (χ3v) is 6.63. The molecule has 1 aliphatic heterocycles. The van der Waals surface area contributed by atoms with Crippen LogP contribution in [0.1, 0.15) is 41.2 Å². The molecule has 2 aromatic rings. The van der Waals surface area contributed by atoms with Gasteiger partial charge in [-0.15, -0.1) is 0 Å². The van der Waals surface area contributed by atoms with Crippen molar-refractivity contribution in [3.05, 3.63) is 65.7 Å². The van der Waals surface area contributed by atoms with Crippen molar-refractivity contribution in [3.8, 4) is 0 Å². The number of aliphatic carboxylic acids is 1. The Morgan fingerprint density at radius 1 is 0.929 bits per heavy atom. The molecular weight excluding hydrogens is 380 g/mol. The number of sulfonamides is 1. The monoisotopic (exact) mass is 401 g/mol. The highest BCUT2D eigenvalue weighted by Crippen LogP contribution is 2.21. The lowest BCUT2D eigenvalue weighted by Gasteiger charge is -2.26. The molecule has 1 fully saturated rings. The zero-order chi connectivity index (χ0) is 20.1. The van der Waals surface area contributed by atoms with Gasteiger partial charge in [0.1, 0.15) is 0 Å². The van der Waals surface area contributed by atoms with E-state index in [4.69, 9.17) is 0 Å². The number of carboxylic acids is 1. The van der Waals surface area contributed by atoms with E-state index in [1.807, 2.05) is 0 Å². The smallest absolute Gasteiger partial charge is 0.252 e. The predicted octanol–water partition coefficient (Wildman–Crippen LogP) is 1.08. The van der Waals surface area contributed by atoms with Gasteiger partial charge in [-0.25, -0.2) is 8.42 Å². The molecule has 0 aromatic heterocycles. The molecule has 1 aliphatic rings. The number of piperidine rings is 1. The molecule has 0 unspecified atom stereocenters. The Kier molecular flexibility index (Phi) is 6.11. The highest BCUT2D eigenvalue weighted by atomic mass is 32.2. The van der Waals surface area contributed by atoms with Gasteiger partial charge in [-0.2, -0.15) is 4.31 Å². The van der Waals surface area contributed by atoms with E-state index in [1.165, 1.54) is 28.6 Å². The highest BCUT2D eigenvalue weighted by Gasteiger charge is 2.26. The summed E-state index contributed by atoms with van der Waals surface area (Å²) in [5.74, 6) is -2.05. The maximum absolute atomic E-state index is 12.7. The van der Waals surface area contributed by atoms with Crippen LogP contribution in [0.3, 0.4) is 0 Å². The average Bonchev–Trinajstić information content (AvgIpc) is 2.73. The number of carboxylic acid groups (broad SMARTS) is 1. The lowest BCUT2D eigenvalue weighted by molar-refractivity contribution is -0.308. The molecule has 2 aromatic carbocycles. The van der Waals surface area contributed by atoms with Crippen LogP contribution in [0.2, 0.25) is 0 Å². The van der Waals surface area contributed by atoms with Crippen molar-refractivity contribution in [1.82, 2.24) is 9.62 Å². The largest absolute Gasteiger partial charge is 0.548 e. The highest BCUT2D eigenvalue weighted by molar-refractivity contribution is 7.89. The van der Waals surface area contributed by atoms with E-state index in [0.717, 1.165) is 19.3 Å². The van der Waals surface area contributed by atoms with Gasteiger partial charge < -0.3 is 15.2 Å². The number of nitrogens with zero attached hydrogens (tertiary/aromatic N) is 1. The summed E-state index contributed by atoms with van der Waals surface area (Å²) < 4.78 is 26.8. The van der Waals surface area contributed by atoms with Gasteiger partial charge in [-0.1, -0.05) is 36.8 Å². The van der Waals surface area contributed by atoms with E-state index in [1.54, 1.807) is 30.3 Å². The van der Waals surface area contributed by atoms with E-state index in [-0.39, 0.29) is 10.5 Å². The summed E-state index contributed by atoms with van der Waals surface area (Å²) in [4.78, 5) is 24.0. The Labute approximate surface area is 164 Å². The van der Waals surface area contributed by atoms with Crippen LogP contribution in [0.25, 0.3) is 0 Å². The number of hydrogen-bond donors (Lipinski definition) is 1. The van der Waals surface area contributed by atoms with Gasteiger partial charge in [-0.3, -0.25) is 4.79 Å². The van der Waals surface area contributed by atoms with Crippen molar-refractivity contribution in [2.24, 2.45) is 0 Å². The second-order valence-electron chi connectivity index (χ2n) is 6.63. The van der Waals surface area contributed by atoms with Crippen LogP contribution in [0.4, 0.5) is 0 Å². The van der Waals surface area contributed by atoms with Crippen molar-refractivity contribution in [1.29, 1.82) is 0 Å². The first kappa shape index (κ1) is 20.0. The molecule has 0 aliphatic carbocycles. The van der Waals surface area contributed by atoms with Gasteiger partial charge in [0.2, 0.25) is 10.0 Å². The van der Waals surface area contributed by atoms with E-state index in [2.05, 4.69) is 5.32 Å². The maximum Gasteiger partial charge on any atom is 0.252 e. The molecule has 28 heavy (non-hydrogen) atoms. The SMILES string of the molecule is O=C(N[C@H](C(=O)[O-])c1ccccc1)c1ccc(S(=O)(=O)N2CCCCC2)cc1. The van der Waals surface area contributed by atoms with Gasteiger partial charge in [-0.05, 0) is 42.7 Å². The third kappa shape index (κ3) is 4.40. The van der Waals surface area contributed by atoms with Crippen molar-refractivity contribution in [2.75, 3.05) is 13.1 Å². The fourth-order valence-corrected chi connectivity index (χ4v) is 4.69. The molecule has 1 saturated heterocycles. The summed E-state index contributed by atoms with van der Waals surface area (Å²) in [7, 11) is -3.59. The zero-order valence-corrected chi connectivity index (χ0v) is 16.0. The number of carbonyl (C=O) groups is 2. The molecule has 8 heteroatoms. The number of carbonyl (C=O) groups excluding carboxylic acids is 2. The first-order valence-corrected chi connectivity index (χ1v) is 10.5. The van der Waals surface area contributed by atoms with E-state index < -0.39 is 27.9 Å². The second-order valence-corrected chi connectivity index (χ2v) is 8.56. The molecule has 0 saturated carbocycles. The first-order chi connectivity index (χ1) is 13.4. The predicted molar refractivity (Wildman–Crippen MR) is 101 cm³/mol. The van der Waals surface area contributed by atoms with E-state index in [0.29, 0.717) is 18.7 Å². The number of benzene rings is 2. The first-order valence-electron chi connectivity index (χ1n) is 9.06. The van der Waals surface area contributed by atoms with Gasteiger partial charge >= 0.3 is 0 Å². The Morgan fingerprint density at radius 2 is 1.54 bits per heavy atom. The second kappa shape index (κ2) is 8.53. The van der Waals surface area contributed by atoms with E-state index >= 15 is 0 Å². The lowest BCUT2D eigenvalue weighted by Crippen LogP contribution is -2.41. The lowest BCUT2D eigenvalue weighted by atomic mass is 10.1. The average molecular weight is 401 g/mol. The Hall–Kier alpha value is -2.71. The van der Waals surface area contributed by atoms with Gasteiger partial charge in [0.25, 0.3) is 5.91 Å². The van der Waals surface area contributed by atoms with Crippen LogP contribution in [0.15, 0.2) is 59.5 Å². The van der Waals surface area contributed by atoms with Crippen LogP contribution in [0.5, 0.6) is 0 Å². The summed E-state index contributed by atoms with van der Waals surface area (Å²) >= 11 is 0. The Morgan fingerprint density at radius 3 is 2.11 bits per heavy atom. The minimum absolute atomic E-state index is 0.116. The fourth-order valence-electron chi connectivity index (χ4n) is 3.17. The normalized spacial score (nSPS) is 16.3. The topological polar surface area (TPSA) is 107 Å². The number of amides is 1. The van der Waals surface area contributed by atoms with Crippen LogP contribution in [-0.4, -0.2) is 37.7 Å². The van der Waals surface area contributed by atoms with Gasteiger partial charge in [0.05, 0.1) is 16.9 Å². The molecule has 3 rings (SSSR count). The molecule has 0 radical (unpaired) electrons. The van der Waals surface area contributed by atoms with Crippen molar-refractivity contribution < 1.29 is 23.1 Å². The van der Waals surface area contributed by atoms with Gasteiger partial charge in [0, 0.05) is 18.7 Å². The van der Waals surface area contributed by atoms with Crippen molar-refractivity contribution in [2.45, 2.75) is 30.2 Å². The molecule has 1 atom stereocenters. The van der Waals surface area contributed by atoms with Crippen LogP contribution in [-0.2, 0) is 14.8 Å². The molecule has 1 N–H and O–H groups in total. The molecule has 7 nitrogen and oxygen atoms in total.